The number of methoxy groups -OCH3 is 1. The number of ether oxygens (including phenoxy) is 2. The Morgan fingerprint density at radius 2 is 2.07 bits per heavy atom. The highest BCUT2D eigenvalue weighted by molar-refractivity contribution is 7.18. The van der Waals surface area contributed by atoms with Crippen molar-refractivity contribution >= 4 is 39.1 Å². The van der Waals surface area contributed by atoms with Gasteiger partial charge in [-0.1, -0.05) is 37.6 Å². The van der Waals surface area contributed by atoms with E-state index in [1.165, 1.54) is 7.11 Å². The van der Waals surface area contributed by atoms with E-state index >= 15 is 0 Å². The number of amides is 1. The molecule has 0 saturated heterocycles. The molecule has 1 N–H and O–H groups in total. The number of benzene rings is 2. The maximum Gasteiger partial charge on any atom is 0.251 e. The van der Waals surface area contributed by atoms with E-state index < -0.39 is 0 Å². The molecule has 1 heterocycles. The fraction of sp³-hybridized carbons (Fsp3) is 0.300. The highest BCUT2D eigenvalue weighted by Crippen LogP contribution is 2.36. The normalized spacial score (nSPS) is 11.0. The zero-order chi connectivity index (χ0) is 19.4. The summed E-state index contributed by atoms with van der Waals surface area (Å²) in [6.07, 6.45) is 0. The number of carbonyl (C=O) groups excluding carboxylic acids is 1. The molecule has 5 nitrogen and oxygen atoms in total. The monoisotopic (exact) mass is 404 g/mol. The minimum atomic E-state index is -0.245. The van der Waals surface area contributed by atoms with E-state index in [-0.39, 0.29) is 5.91 Å². The lowest BCUT2D eigenvalue weighted by molar-refractivity contribution is 0.0950. The summed E-state index contributed by atoms with van der Waals surface area (Å²) in [4.78, 5) is 17.1. The lowest BCUT2D eigenvalue weighted by atomic mass is 10.2. The first-order valence-corrected chi connectivity index (χ1v) is 9.80. The molecule has 3 aromatic rings. The number of nitrogens with zero attached hydrogens (tertiary/aromatic N) is 1. The van der Waals surface area contributed by atoms with Gasteiger partial charge in [-0.3, -0.25) is 4.79 Å². The van der Waals surface area contributed by atoms with Crippen LogP contribution in [0.1, 0.15) is 29.2 Å². The molecule has 0 fully saturated rings. The second-order valence-corrected chi connectivity index (χ2v) is 7.97. The standard InChI is InChI=1S/C20H21ClN2O3S/c1-12(2)11-26-19-14(21)8-13(9-16(19)25-3)20(24)22-10-18-23-15-6-4-5-7-17(15)27-18/h4-9,12H,10-11H2,1-3H3,(H,22,24). The van der Waals surface area contributed by atoms with Crippen molar-refractivity contribution in [1.82, 2.24) is 10.3 Å². The third-order valence-electron chi connectivity index (χ3n) is 3.79. The van der Waals surface area contributed by atoms with Crippen LogP contribution in [-0.4, -0.2) is 24.6 Å². The van der Waals surface area contributed by atoms with Crippen LogP contribution in [0.3, 0.4) is 0 Å². The zero-order valence-corrected chi connectivity index (χ0v) is 17.0. The van der Waals surface area contributed by atoms with Gasteiger partial charge in [0.15, 0.2) is 11.5 Å². The maximum absolute atomic E-state index is 12.5. The Balaban J connectivity index is 1.72. The second kappa shape index (κ2) is 8.59. The average Bonchev–Trinajstić information content (AvgIpc) is 3.07. The molecule has 0 aliphatic heterocycles. The summed E-state index contributed by atoms with van der Waals surface area (Å²) < 4.78 is 12.2. The van der Waals surface area contributed by atoms with Crippen LogP contribution in [0.25, 0.3) is 10.2 Å². The number of carbonyl (C=O) groups is 1. The highest BCUT2D eigenvalue weighted by atomic mass is 35.5. The van der Waals surface area contributed by atoms with Gasteiger partial charge in [-0.25, -0.2) is 4.98 Å². The van der Waals surface area contributed by atoms with E-state index in [4.69, 9.17) is 21.1 Å². The highest BCUT2D eigenvalue weighted by Gasteiger charge is 2.16. The van der Waals surface area contributed by atoms with Gasteiger partial charge >= 0.3 is 0 Å². The Hall–Kier alpha value is -2.31. The van der Waals surface area contributed by atoms with Crippen LogP contribution < -0.4 is 14.8 Å². The third-order valence-corrected chi connectivity index (χ3v) is 5.11. The quantitative estimate of drug-likeness (QED) is 0.607. The summed E-state index contributed by atoms with van der Waals surface area (Å²) in [7, 11) is 1.52. The number of aromatic nitrogens is 1. The Bertz CT molecular complexity index is 923. The van der Waals surface area contributed by atoms with Gasteiger partial charge in [-0.15, -0.1) is 11.3 Å². The van der Waals surface area contributed by atoms with Gasteiger partial charge < -0.3 is 14.8 Å². The van der Waals surface area contributed by atoms with Crippen LogP contribution in [0.15, 0.2) is 36.4 Å². The van der Waals surface area contributed by atoms with Crippen LogP contribution in [0, 0.1) is 5.92 Å². The summed E-state index contributed by atoms with van der Waals surface area (Å²) in [5.74, 6) is 0.997. The smallest absolute Gasteiger partial charge is 0.251 e. The van der Waals surface area contributed by atoms with Gasteiger partial charge in [0.05, 0.1) is 35.5 Å². The number of hydrogen-bond donors (Lipinski definition) is 1. The van der Waals surface area contributed by atoms with E-state index in [0.717, 1.165) is 15.2 Å². The number of fused-ring (bicyclic) bond motifs is 1. The van der Waals surface area contributed by atoms with E-state index in [1.807, 2.05) is 38.1 Å². The molecule has 0 atom stereocenters. The van der Waals surface area contributed by atoms with E-state index in [9.17, 15) is 4.79 Å². The molecule has 1 aromatic heterocycles. The minimum Gasteiger partial charge on any atom is -0.493 e. The first-order valence-electron chi connectivity index (χ1n) is 8.61. The van der Waals surface area contributed by atoms with Crippen molar-refractivity contribution in [1.29, 1.82) is 0 Å². The van der Waals surface area contributed by atoms with Crippen molar-refractivity contribution in [2.24, 2.45) is 5.92 Å². The summed E-state index contributed by atoms with van der Waals surface area (Å²) in [5.41, 5.74) is 1.35. The molecule has 1 amide bonds. The molecule has 0 radical (unpaired) electrons. The topological polar surface area (TPSA) is 60.5 Å². The largest absolute Gasteiger partial charge is 0.493 e. The van der Waals surface area contributed by atoms with Gasteiger partial charge in [-0.2, -0.15) is 0 Å². The first-order chi connectivity index (χ1) is 13.0. The number of rotatable bonds is 7. The zero-order valence-electron chi connectivity index (χ0n) is 15.4. The molecule has 7 heteroatoms. The fourth-order valence-electron chi connectivity index (χ4n) is 2.49. The van der Waals surface area contributed by atoms with E-state index in [0.29, 0.717) is 41.2 Å². The Labute approximate surface area is 167 Å². The first kappa shape index (κ1) is 19.5. The van der Waals surface area contributed by atoms with Crippen molar-refractivity contribution in [2.45, 2.75) is 20.4 Å². The minimum absolute atomic E-state index is 0.245. The number of nitrogens with one attached hydrogen (secondary N) is 1. The average molecular weight is 405 g/mol. The van der Waals surface area contributed by atoms with Crippen molar-refractivity contribution in [3.05, 3.63) is 52.0 Å². The third kappa shape index (κ3) is 4.70. The second-order valence-electron chi connectivity index (χ2n) is 6.45. The molecule has 0 aliphatic carbocycles. The Kier molecular flexibility index (Phi) is 6.19. The number of halogens is 1. The number of thiazole rings is 1. The van der Waals surface area contributed by atoms with Crippen molar-refractivity contribution < 1.29 is 14.3 Å². The van der Waals surface area contributed by atoms with Crippen LogP contribution in [0.5, 0.6) is 11.5 Å². The summed E-state index contributed by atoms with van der Waals surface area (Å²) >= 11 is 7.88. The van der Waals surface area contributed by atoms with Crippen molar-refractivity contribution in [3.63, 3.8) is 0 Å². The molecular weight excluding hydrogens is 384 g/mol. The van der Waals surface area contributed by atoms with Crippen LogP contribution >= 0.6 is 22.9 Å². The van der Waals surface area contributed by atoms with Gasteiger partial charge in [0, 0.05) is 5.56 Å². The molecule has 0 saturated carbocycles. The molecule has 142 valence electrons. The number of hydrogen-bond acceptors (Lipinski definition) is 5. The van der Waals surface area contributed by atoms with E-state index in [1.54, 1.807) is 23.5 Å². The lowest BCUT2D eigenvalue weighted by Crippen LogP contribution is -2.22. The number of para-hydroxylation sites is 1. The molecule has 27 heavy (non-hydrogen) atoms. The van der Waals surface area contributed by atoms with E-state index in [2.05, 4.69) is 10.3 Å². The van der Waals surface area contributed by atoms with Crippen LogP contribution in [0.4, 0.5) is 0 Å². The SMILES string of the molecule is COc1cc(C(=O)NCc2nc3ccccc3s2)cc(Cl)c1OCC(C)C. The predicted octanol–water partition coefficient (Wildman–Crippen LogP) is 4.92. The summed E-state index contributed by atoms with van der Waals surface area (Å²) in [6, 6.07) is 11.1. The van der Waals surface area contributed by atoms with Gasteiger partial charge in [0.1, 0.15) is 5.01 Å². The Morgan fingerprint density at radius 3 is 2.78 bits per heavy atom. The van der Waals surface area contributed by atoms with Gasteiger partial charge in [0.25, 0.3) is 5.91 Å². The molecule has 0 bridgehead atoms. The molecule has 0 unspecified atom stereocenters. The van der Waals surface area contributed by atoms with Crippen LogP contribution in [0.2, 0.25) is 5.02 Å². The molecular formula is C20H21ClN2O3S. The fourth-order valence-corrected chi connectivity index (χ4v) is 3.67. The lowest BCUT2D eigenvalue weighted by Gasteiger charge is -2.15. The maximum atomic E-state index is 12.5. The van der Waals surface area contributed by atoms with Gasteiger partial charge in [0.2, 0.25) is 0 Å². The van der Waals surface area contributed by atoms with Gasteiger partial charge in [-0.05, 0) is 30.2 Å². The Morgan fingerprint density at radius 1 is 1.30 bits per heavy atom. The molecule has 2 aromatic carbocycles. The predicted molar refractivity (Wildman–Crippen MR) is 109 cm³/mol. The van der Waals surface area contributed by atoms with Crippen molar-refractivity contribution in [2.75, 3.05) is 13.7 Å². The summed E-state index contributed by atoms with van der Waals surface area (Å²) in [6.45, 7) is 4.96. The van der Waals surface area contributed by atoms with Crippen LogP contribution in [-0.2, 0) is 6.54 Å². The summed E-state index contributed by atoms with van der Waals surface area (Å²) in [5, 5.41) is 4.07. The molecule has 0 spiro atoms. The van der Waals surface area contributed by atoms with Crippen molar-refractivity contribution in [3.8, 4) is 11.5 Å². The molecule has 3 rings (SSSR count). The molecule has 0 aliphatic rings.